The van der Waals surface area contributed by atoms with E-state index in [2.05, 4.69) is 17.5 Å². The Bertz CT molecular complexity index is 1450. The number of aliphatic hydroxyl groups excluding tert-OH is 4. The lowest BCUT2D eigenvalue weighted by atomic mass is 9.95. The van der Waals surface area contributed by atoms with Gasteiger partial charge < -0.3 is 70.9 Å². The van der Waals surface area contributed by atoms with E-state index in [0.717, 1.165) is 31.8 Å². The Labute approximate surface area is 317 Å². The van der Waals surface area contributed by atoms with Crippen LogP contribution in [0.15, 0.2) is 34.9 Å². The van der Waals surface area contributed by atoms with E-state index in [1.165, 1.54) is 11.1 Å². The van der Waals surface area contributed by atoms with Crippen LogP contribution in [0.4, 0.5) is 4.79 Å². The smallest absolute Gasteiger partial charge is 0.474 e. The van der Waals surface area contributed by atoms with Gasteiger partial charge in [0.05, 0.1) is 19.8 Å². The summed E-state index contributed by atoms with van der Waals surface area (Å²) in [6.45, 7) is 6.82. The van der Waals surface area contributed by atoms with Gasteiger partial charge in [-0.15, -0.1) is 0 Å². The number of primary amides is 2. The SMILES string of the molecule is CC(=O)N[C@H]1C(O)[C@H](O)C(CO)O[C@H]1OC1[C@H](OP(=O)(O)OC[C@@H](OC/C=C(/C)CC/C=C(\C)CCC=C(C)C)C(=O)O)OC(C(N)=O)C(O)[C@@H]1OC(N)=O. The number of nitrogens with two attached hydrogens (primary N) is 2. The second-order valence-corrected chi connectivity index (χ2v) is 14.6. The molecule has 0 radical (unpaired) electrons. The maximum absolute atomic E-state index is 13.2. The first-order valence-corrected chi connectivity index (χ1v) is 18.8. The topological polar surface area (TPSA) is 335 Å². The number of rotatable bonds is 21. The largest absolute Gasteiger partial charge is 0.479 e. The predicted octanol–water partition coefficient (Wildman–Crippen LogP) is -0.627. The lowest BCUT2D eigenvalue weighted by Gasteiger charge is -2.47. The van der Waals surface area contributed by atoms with E-state index in [0.29, 0.717) is 6.42 Å². The first-order valence-electron chi connectivity index (χ1n) is 17.3. The standard InChI is InChI=1S/C33H54N3O18P/c1-16(2)8-6-9-17(3)10-7-11-18(4)12-13-48-21(30(43)44)15-49-55(46,47)54-32-28(26(53-33(35)45)25(41)27(51-32)29(34)42)52-31-22(36-19(5)38)24(40)23(39)20(14-37)50-31/h8,10,12,20-28,31-32,37,39-41H,6-7,9,11,13-15H2,1-5H3,(H2,34,42)(H2,35,45)(H,36,38)(H,43,44)(H,46,47)/b17-10+,18-12-/t20?,21-,22+,23-,24?,25?,26+,27?,28?,31+,32+/m1/s1. The molecule has 22 heteroatoms. The van der Waals surface area contributed by atoms with Gasteiger partial charge in [-0.25, -0.2) is 14.2 Å². The Morgan fingerprint density at radius 1 is 0.873 bits per heavy atom. The number of amides is 3. The van der Waals surface area contributed by atoms with Crippen LogP contribution in [0.3, 0.4) is 0 Å². The van der Waals surface area contributed by atoms with E-state index in [-0.39, 0.29) is 6.61 Å². The predicted molar refractivity (Wildman–Crippen MR) is 188 cm³/mol. The number of hydrogen-bond acceptors (Lipinski definition) is 16. The van der Waals surface area contributed by atoms with Crippen molar-refractivity contribution in [1.82, 2.24) is 5.32 Å². The summed E-state index contributed by atoms with van der Waals surface area (Å²) in [5.41, 5.74) is 13.8. The molecular formula is C33H54N3O18P. The summed E-state index contributed by atoms with van der Waals surface area (Å²) in [4.78, 5) is 58.5. The summed E-state index contributed by atoms with van der Waals surface area (Å²) in [7, 11) is -5.47. The molecule has 0 aromatic carbocycles. The Balaban J connectivity index is 2.25. The Morgan fingerprint density at radius 2 is 1.49 bits per heavy atom. The van der Waals surface area contributed by atoms with Gasteiger partial charge in [0.25, 0.3) is 0 Å². The molecule has 55 heavy (non-hydrogen) atoms. The second-order valence-electron chi connectivity index (χ2n) is 13.2. The number of allylic oxidation sites excluding steroid dienone is 5. The number of nitrogens with one attached hydrogen (secondary N) is 1. The van der Waals surface area contributed by atoms with Crippen molar-refractivity contribution >= 4 is 31.7 Å². The highest BCUT2D eigenvalue weighted by molar-refractivity contribution is 7.47. The van der Waals surface area contributed by atoms with E-state index < -0.39 is 112 Å². The number of carboxylic acids is 1. The summed E-state index contributed by atoms with van der Waals surface area (Å²) in [6, 6.07) is -1.64. The number of phosphoric ester groups is 1. The number of aliphatic carboxylic acids is 1. The van der Waals surface area contributed by atoms with Crippen molar-refractivity contribution in [3.05, 3.63) is 34.9 Å². The molecular weight excluding hydrogens is 757 g/mol. The molecule has 0 aromatic heterocycles. The molecule has 2 fully saturated rings. The first kappa shape index (κ1) is 47.8. The minimum Gasteiger partial charge on any atom is -0.479 e. The van der Waals surface area contributed by atoms with Crippen LogP contribution in [0.2, 0.25) is 0 Å². The molecule has 12 atom stereocenters. The third kappa shape index (κ3) is 15.6. The van der Waals surface area contributed by atoms with Crippen molar-refractivity contribution in [2.24, 2.45) is 11.5 Å². The van der Waals surface area contributed by atoms with Crippen molar-refractivity contribution < 1.29 is 86.9 Å². The number of hydrogen-bond donors (Lipinski definition) is 9. The third-order valence-electron chi connectivity index (χ3n) is 8.35. The van der Waals surface area contributed by atoms with Gasteiger partial charge in [0.2, 0.25) is 11.8 Å². The molecule has 0 bridgehead atoms. The van der Waals surface area contributed by atoms with E-state index >= 15 is 0 Å². The van der Waals surface area contributed by atoms with E-state index in [1.807, 2.05) is 27.7 Å². The molecule has 2 rings (SSSR count). The lowest BCUT2D eigenvalue weighted by molar-refractivity contribution is -0.339. The van der Waals surface area contributed by atoms with Crippen LogP contribution in [0.25, 0.3) is 0 Å². The van der Waals surface area contributed by atoms with Crippen LogP contribution in [0, 0.1) is 0 Å². The summed E-state index contributed by atoms with van der Waals surface area (Å²) in [5, 5.41) is 53.5. The number of aliphatic hydroxyl groups is 4. The molecule has 2 heterocycles. The number of phosphoric acid groups is 1. The minimum absolute atomic E-state index is 0.204. The fraction of sp³-hybridized carbons (Fsp3) is 0.697. The van der Waals surface area contributed by atoms with E-state index in [9.17, 15) is 54.2 Å². The maximum atomic E-state index is 13.2. The van der Waals surface area contributed by atoms with Crippen molar-refractivity contribution in [3.8, 4) is 0 Å². The molecule has 3 amide bonds. The lowest BCUT2D eigenvalue weighted by Crippen LogP contribution is -2.68. The zero-order valence-electron chi connectivity index (χ0n) is 31.2. The Morgan fingerprint density at radius 3 is 2.04 bits per heavy atom. The van der Waals surface area contributed by atoms with Gasteiger partial charge in [0, 0.05) is 6.92 Å². The zero-order chi connectivity index (χ0) is 41.6. The summed E-state index contributed by atoms with van der Waals surface area (Å²) in [5.74, 6) is -3.73. The average Bonchev–Trinajstić information content (AvgIpc) is 3.07. The summed E-state index contributed by atoms with van der Waals surface area (Å²) >= 11 is 0. The Kier molecular flexibility index (Phi) is 19.5. The molecule has 6 unspecified atom stereocenters. The van der Waals surface area contributed by atoms with Crippen LogP contribution in [0.5, 0.6) is 0 Å². The molecule has 0 spiro atoms. The molecule has 21 nitrogen and oxygen atoms in total. The monoisotopic (exact) mass is 811 g/mol. The van der Waals surface area contributed by atoms with Crippen molar-refractivity contribution in [1.29, 1.82) is 0 Å². The maximum Gasteiger partial charge on any atom is 0.474 e. The summed E-state index contributed by atoms with van der Waals surface area (Å²) in [6.07, 6.45) is -12.2. The number of ether oxygens (including phenoxy) is 5. The van der Waals surface area contributed by atoms with Gasteiger partial charge >= 0.3 is 19.9 Å². The molecule has 2 aliphatic rings. The minimum atomic E-state index is -5.47. The highest BCUT2D eigenvalue weighted by Gasteiger charge is 2.56. The number of carbonyl (C=O) groups is 4. The van der Waals surface area contributed by atoms with Crippen molar-refractivity contribution in [2.45, 2.75) is 128 Å². The van der Waals surface area contributed by atoms with E-state index in [1.54, 1.807) is 6.08 Å². The van der Waals surface area contributed by atoms with Crippen LogP contribution < -0.4 is 16.8 Å². The quantitative estimate of drug-likeness (QED) is 0.0515. The zero-order valence-corrected chi connectivity index (χ0v) is 32.1. The second kappa shape index (κ2) is 22.4. The molecule has 11 N–H and O–H groups in total. The normalized spacial score (nSPS) is 30.4. The fourth-order valence-corrected chi connectivity index (χ4v) is 6.27. The molecule has 0 saturated carbocycles. The average molecular weight is 812 g/mol. The molecule has 2 aliphatic heterocycles. The van der Waals surface area contributed by atoms with Crippen LogP contribution in [-0.2, 0) is 51.7 Å². The highest BCUT2D eigenvalue weighted by Crippen LogP contribution is 2.47. The van der Waals surface area contributed by atoms with Crippen LogP contribution >= 0.6 is 7.82 Å². The van der Waals surface area contributed by atoms with Gasteiger partial charge in [-0.3, -0.25) is 18.6 Å². The van der Waals surface area contributed by atoms with Crippen LogP contribution in [0.1, 0.15) is 60.3 Å². The third-order valence-corrected chi connectivity index (χ3v) is 9.30. The van der Waals surface area contributed by atoms with Gasteiger partial charge in [-0.1, -0.05) is 34.9 Å². The van der Waals surface area contributed by atoms with Gasteiger partial charge in [0.1, 0.15) is 30.5 Å². The highest BCUT2D eigenvalue weighted by atomic mass is 31.2. The van der Waals surface area contributed by atoms with Gasteiger partial charge in [-0.2, -0.15) is 0 Å². The molecule has 0 aromatic rings. The first-order chi connectivity index (χ1) is 25.7. The summed E-state index contributed by atoms with van der Waals surface area (Å²) < 4.78 is 50.0. The van der Waals surface area contributed by atoms with E-state index in [4.69, 9.17) is 44.2 Å². The van der Waals surface area contributed by atoms with Crippen molar-refractivity contribution in [2.75, 3.05) is 19.8 Å². The molecule has 0 aliphatic carbocycles. The number of carbonyl (C=O) groups excluding carboxylic acids is 3. The number of carboxylic acid groups (broad SMARTS) is 1. The van der Waals surface area contributed by atoms with Crippen LogP contribution in [-0.4, -0.2) is 142 Å². The molecule has 314 valence electrons. The van der Waals surface area contributed by atoms with Gasteiger partial charge in [-0.05, 0) is 53.4 Å². The fourth-order valence-electron chi connectivity index (χ4n) is 5.46. The van der Waals surface area contributed by atoms with Crippen molar-refractivity contribution in [3.63, 3.8) is 0 Å². The van der Waals surface area contributed by atoms with Gasteiger partial charge in [0.15, 0.2) is 37.0 Å². The molecule has 2 saturated heterocycles. The Hall–Kier alpha value is -3.31.